The van der Waals surface area contributed by atoms with Crippen LogP contribution in [0.4, 0.5) is 0 Å². The van der Waals surface area contributed by atoms with Gasteiger partial charge in [-0.1, -0.05) is 0 Å². The molecule has 0 heterocycles. The minimum absolute atomic E-state index is 0. The van der Waals surface area contributed by atoms with Gasteiger partial charge in [0.05, 0.1) is 0 Å². The van der Waals surface area contributed by atoms with Gasteiger partial charge in [-0.05, 0) is 0 Å². The van der Waals surface area contributed by atoms with Gasteiger partial charge in [0.15, 0.2) is 0 Å². The first-order valence-electron chi connectivity index (χ1n) is 1.17. The molecule has 0 aliphatic carbocycles. The topological polar surface area (TPSA) is 143 Å². The summed E-state index contributed by atoms with van der Waals surface area (Å²) in [5.74, 6) is 0. The molecule has 0 aliphatic rings. The molecular formula is O7S2Ti. The average Bonchev–Trinajstić information content (AvgIpc) is 1.19. The van der Waals surface area contributed by atoms with Crippen LogP contribution in [0.25, 0.3) is 0 Å². The zero-order chi connectivity index (χ0) is 8.08. The van der Waals surface area contributed by atoms with Gasteiger partial charge in [0.1, 0.15) is 0 Å². The van der Waals surface area contributed by atoms with Crippen LogP contribution in [0.15, 0.2) is 0 Å². The van der Waals surface area contributed by atoms with E-state index < -0.39 is 21.8 Å². The molecule has 0 spiro atoms. The zero-order valence-corrected chi connectivity index (χ0v) is 7.37. The quantitative estimate of drug-likeness (QED) is 0.194. The van der Waals surface area contributed by atoms with Gasteiger partial charge in [-0.15, -0.1) is 11.4 Å². The van der Waals surface area contributed by atoms with Crippen molar-refractivity contribution < 1.29 is 52.6 Å². The van der Waals surface area contributed by atoms with Gasteiger partial charge < -0.3 is 18.2 Å². The third-order valence-corrected chi connectivity index (χ3v) is 0. The predicted molar refractivity (Wildman–Crippen MR) is 20.2 cm³/mol. The molecule has 0 amide bonds. The molecule has 10 heteroatoms. The second-order valence-corrected chi connectivity index (χ2v) is 1.84. The van der Waals surface area contributed by atoms with Crippen LogP contribution in [0.3, 0.4) is 0 Å². The molecule has 0 bridgehead atoms. The summed E-state index contributed by atoms with van der Waals surface area (Å²) in [5.41, 5.74) is 0. The molecule has 7 nitrogen and oxygen atoms in total. The molecule has 0 aromatic heterocycles. The maximum Gasteiger partial charge on any atom is 4.00 e. The summed E-state index contributed by atoms with van der Waals surface area (Å²) in [6.45, 7) is 0. The van der Waals surface area contributed by atoms with Crippen molar-refractivity contribution in [2.75, 3.05) is 0 Å². The molecule has 0 N–H and O–H groups in total. The fraction of sp³-hybridized carbons (Fsp3) is 0. The minimum atomic E-state index is -5.17. The standard InChI is InChI=1S/H2O4S.H2O3S.Ti/c1-5(2,3)4;1-4(2)3;/h(H2,1,2,3,4);(H2,1,2,3);/q;;+4/p-4. The van der Waals surface area contributed by atoms with Gasteiger partial charge in [-0.3, -0.25) is 12.6 Å². The molecule has 58 valence electrons. The van der Waals surface area contributed by atoms with Gasteiger partial charge >= 0.3 is 21.7 Å². The fourth-order valence-corrected chi connectivity index (χ4v) is 0. The van der Waals surface area contributed by atoms with E-state index in [4.69, 9.17) is 30.8 Å². The molecule has 0 saturated carbocycles. The van der Waals surface area contributed by atoms with Crippen LogP contribution in [0, 0.1) is 0 Å². The van der Waals surface area contributed by atoms with Gasteiger partial charge in [0.2, 0.25) is 0 Å². The second kappa shape index (κ2) is 7.76. The van der Waals surface area contributed by atoms with Crippen molar-refractivity contribution in [2.24, 2.45) is 0 Å². The molecule has 0 aliphatic heterocycles. The van der Waals surface area contributed by atoms with E-state index in [0.29, 0.717) is 0 Å². The molecule has 0 aromatic carbocycles. The molecule has 0 atom stereocenters. The van der Waals surface area contributed by atoms with Crippen LogP contribution < -0.4 is 0 Å². The van der Waals surface area contributed by atoms with Crippen molar-refractivity contribution in [1.29, 1.82) is 0 Å². The summed E-state index contributed by atoms with van der Waals surface area (Å²) in [4.78, 5) is 0. The van der Waals surface area contributed by atoms with Crippen molar-refractivity contribution in [3.63, 3.8) is 0 Å². The van der Waals surface area contributed by atoms with Crippen LogP contribution in [0.2, 0.25) is 0 Å². The van der Waals surface area contributed by atoms with E-state index in [-0.39, 0.29) is 21.7 Å². The van der Waals surface area contributed by atoms with Crippen molar-refractivity contribution >= 4 is 21.8 Å². The smallest absolute Gasteiger partial charge is 0.784 e. The Kier molecular flexibility index (Phi) is 13.1. The summed E-state index contributed by atoms with van der Waals surface area (Å²) in [6, 6.07) is 0. The van der Waals surface area contributed by atoms with E-state index in [1.54, 1.807) is 0 Å². The molecule has 0 unspecified atom stereocenters. The van der Waals surface area contributed by atoms with E-state index in [1.165, 1.54) is 0 Å². The molecule has 0 fully saturated rings. The van der Waals surface area contributed by atoms with E-state index >= 15 is 0 Å². The fourth-order valence-electron chi connectivity index (χ4n) is 0. The zero-order valence-electron chi connectivity index (χ0n) is 4.17. The maximum absolute atomic E-state index is 8.52. The number of hydrogen-bond donors (Lipinski definition) is 0. The van der Waals surface area contributed by atoms with E-state index in [2.05, 4.69) is 0 Å². The van der Waals surface area contributed by atoms with Crippen LogP contribution in [-0.2, 0) is 43.5 Å². The predicted octanol–water partition coefficient (Wildman–Crippen LogP) is -2.34. The van der Waals surface area contributed by atoms with Crippen LogP contribution >= 0.6 is 0 Å². The summed E-state index contributed by atoms with van der Waals surface area (Å²) in [5, 5.41) is 0. The van der Waals surface area contributed by atoms with Crippen LogP contribution in [-0.4, -0.2) is 30.8 Å². The van der Waals surface area contributed by atoms with E-state index in [1.807, 2.05) is 0 Å². The molecule has 0 aromatic rings. The summed E-state index contributed by atoms with van der Waals surface area (Å²) >= 11 is -3.11. The molecular weight excluding hydrogens is 224 g/mol. The normalized spacial score (nSPS) is 9.30. The largest absolute Gasteiger partial charge is 4.00 e. The Bertz CT molecular complexity index is 154. The Morgan fingerprint density at radius 1 is 1.10 bits per heavy atom. The Balaban J connectivity index is -0.0000000910. The third kappa shape index (κ3) is 1180. The van der Waals surface area contributed by atoms with Crippen molar-refractivity contribution in [1.82, 2.24) is 0 Å². The Hall–Kier alpha value is 0.654. The van der Waals surface area contributed by atoms with Gasteiger partial charge in [-0.2, -0.15) is 0 Å². The van der Waals surface area contributed by atoms with Crippen molar-refractivity contribution in [3.8, 4) is 0 Å². The molecule has 0 radical (unpaired) electrons. The number of hydrogen-bond acceptors (Lipinski definition) is 7. The van der Waals surface area contributed by atoms with Crippen LogP contribution in [0.1, 0.15) is 0 Å². The maximum atomic E-state index is 8.52. The summed E-state index contributed by atoms with van der Waals surface area (Å²) in [6.07, 6.45) is 0. The third-order valence-electron chi connectivity index (χ3n) is 0. The first kappa shape index (κ1) is 16.9. The average molecular weight is 224 g/mol. The van der Waals surface area contributed by atoms with Crippen molar-refractivity contribution in [3.05, 3.63) is 0 Å². The van der Waals surface area contributed by atoms with Crippen LogP contribution in [0.5, 0.6) is 0 Å². The monoisotopic (exact) mass is 224 g/mol. The van der Waals surface area contributed by atoms with E-state index in [9.17, 15) is 0 Å². The van der Waals surface area contributed by atoms with Gasteiger partial charge in [0, 0.05) is 10.4 Å². The molecule has 0 saturated heterocycles. The SMILES string of the molecule is O=S(=O)([O-])[O-].O=S([O-])[O-].[Ti+4]. The summed E-state index contributed by atoms with van der Waals surface area (Å²) in [7, 11) is -5.17. The van der Waals surface area contributed by atoms with Crippen molar-refractivity contribution in [2.45, 2.75) is 0 Å². The Morgan fingerprint density at radius 3 is 1.10 bits per heavy atom. The van der Waals surface area contributed by atoms with Gasteiger partial charge in [-0.25, -0.2) is 0 Å². The number of rotatable bonds is 0. The minimum Gasteiger partial charge on any atom is -0.784 e. The second-order valence-electron chi connectivity index (χ2n) is 0.612. The first-order chi connectivity index (χ1) is 3.73. The van der Waals surface area contributed by atoms with E-state index in [0.717, 1.165) is 0 Å². The first-order valence-corrected chi connectivity index (χ1v) is 3.50. The Morgan fingerprint density at radius 2 is 1.10 bits per heavy atom. The molecule has 10 heavy (non-hydrogen) atoms. The summed E-state index contributed by atoms with van der Waals surface area (Å²) < 4.78 is 59.4. The molecule has 0 rings (SSSR count). The van der Waals surface area contributed by atoms with Gasteiger partial charge in [0.25, 0.3) is 0 Å². The Labute approximate surface area is 74.4 Å².